The molecule has 0 radical (unpaired) electrons. The molecule has 1 aromatic carbocycles. The summed E-state index contributed by atoms with van der Waals surface area (Å²) in [5, 5.41) is 13.8. The molecule has 2 N–H and O–H groups in total. The number of nitrogens with zero attached hydrogens (tertiary/aromatic N) is 1. The summed E-state index contributed by atoms with van der Waals surface area (Å²) in [7, 11) is 0. The van der Waals surface area contributed by atoms with E-state index in [1.165, 1.54) is 5.56 Å². The molecule has 0 saturated heterocycles. The minimum absolute atomic E-state index is 0. The van der Waals surface area contributed by atoms with Crippen LogP contribution < -0.4 is 40.2 Å². The summed E-state index contributed by atoms with van der Waals surface area (Å²) < 4.78 is 0. The minimum Gasteiger partial charge on any atom is -1.00 e. The van der Waals surface area contributed by atoms with Gasteiger partial charge < -0.3 is 6.74 Å². The van der Waals surface area contributed by atoms with Crippen molar-refractivity contribution in [3.8, 4) is 6.19 Å². The fourth-order valence-corrected chi connectivity index (χ4v) is 1.01. The third-order valence-corrected chi connectivity index (χ3v) is 1.68. The maximum atomic E-state index is 8.27. The van der Waals surface area contributed by atoms with Crippen molar-refractivity contribution in [1.82, 2.24) is 5.32 Å². The molecule has 3 nitrogen and oxygen atoms in total. The summed E-state index contributed by atoms with van der Waals surface area (Å²) in [4.78, 5) is 0. The molecule has 0 spiro atoms. The SMILES string of the molecule is Cc1ccc(NC(=S)NC#N)cc1.[H-].[Na+]. The van der Waals surface area contributed by atoms with Gasteiger partial charge in [0.15, 0.2) is 11.3 Å². The molecule has 0 fully saturated rings. The number of benzene rings is 1. The van der Waals surface area contributed by atoms with Crippen LogP contribution in [0.4, 0.5) is 5.69 Å². The molecule has 1 rings (SSSR count). The normalized spacial score (nSPS) is 8.00. The molecule has 0 aromatic heterocycles. The molecule has 0 unspecified atom stereocenters. The van der Waals surface area contributed by atoms with Gasteiger partial charge in [0.2, 0.25) is 0 Å². The minimum atomic E-state index is 0. The van der Waals surface area contributed by atoms with Crippen molar-refractivity contribution in [2.45, 2.75) is 6.92 Å². The second kappa shape index (κ2) is 6.80. The summed E-state index contributed by atoms with van der Waals surface area (Å²) in [6.07, 6.45) is 1.75. The molecule has 68 valence electrons. The van der Waals surface area contributed by atoms with E-state index < -0.39 is 0 Å². The molecule has 1 aromatic rings. The molecule has 0 atom stereocenters. The molecule has 0 amide bonds. The first kappa shape index (κ1) is 13.4. The average Bonchev–Trinajstić information content (AvgIpc) is 2.09. The van der Waals surface area contributed by atoms with Gasteiger partial charge in [-0.25, -0.2) is 0 Å². The third kappa shape index (κ3) is 4.58. The van der Waals surface area contributed by atoms with Crippen LogP contribution in [0.1, 0.15) is 6.99 Å². The number of rotatable bonds is 1. The van der Waals surface area contributed by atoms with Crippen molar-refractivity contribution in [1.29, 1.82) is 5.26 Å². The van der Waals surface area contributed by atoms with Crippen LogP contribution in [0.25, 0.3) is 0 Å². The summed E-state index contributed by atoms with van der Waals surface area (Å²) in [5.74, 6) is 0. The number of hydrogen-bond acceptors (Lipinski definition) is 2. The van der Waals surface area contributed by atoms with Crippen molar-refractivity contribution < 1.29 is 31.0 Å². The second-order valence-electron chi connectivity index (χ2n) is 2.56. The van der Waals surface area contributed by atoms with Crippen LogP contribution in [0.3, 0.4) is 0 Å². The first-order valence-electron chi connectivity index (χ1n) is 3.75. The summed E-state index contributed by atoms with van der Waals surface area (Å²) in [6, 6.07) is 7.75. The predicted octanol–water partition coefficient (Wildman–Crippen LogP) is -1.12. The number of thiocarbonyl (C=S) groups is 1. The molecule has 0 aliphatic rings. The van der Waals surface area contributed by atoms with Crippen LogP contribution in [-0.4, -0.2) is 5.11 Å². The van der Waals surface area contributed by atoms with E-state index in [0.29, 0.717) is 5.11 Å². The Morgan fingerprint density at radius 1 is 1.43 bits per heavy atom. The molecule has 0 heterocycles. The number of nitriles is 1. The zero-order chi connectivity index (χ0) is 9.68. The van der Waals surface area contributed by atoms with Gasteiger partial charge in [0.25, 0.3) is 0 Å². The summed E-state index contributed by atoms with van der Waals surface area (Å²) >= 11 is 4.82. The quantitative estimate of drug-likeness (QED) is 0.270. The molecule has 5 heteroatoms. The van der Waals surface area contributed by atoms with Gasteiger partial charge in [-0.2, -0.15) is 5.26 Å². The Morgan fingerprint density at radius 2 is 2.00 bits per heavy atom. The molecular formula is C9H10N3NaS. The fourth-order valence-electron chi connectivity index (χ4n) is 0.850. The number of nitrogens with one attached hydrogen (secondary N) is 2. The van der Waals surface area contributed by atoms with E-state index in [0.717, 1.165) is 5.69 Å². The number of hydrogen-bond donors (Lipinski definition) is 2. The van der Waals surface area contributed by atoms with E-state index in [1.54, 1.807) is 6.19 Å². The standard InChI is InChI=1S/C9H9N3S.Na.H/c1-7-2-4-8(5-3-7)12-9(13)11-6-10;;/h2-5H,1H3,(H2,11,12,13);;/q;+1;-1. The van der Waals surface area contributed by atoms with E-state index in [-0.39, 0.29) is 31.0 Å². The van der Waals surface area contributed by atoms with Crippen molar-refractivity contribution in [3.63, 3.8) is 0 Å². The van der Waals surface area contributed by atoms with Crippen LogP contribution >= 0.6 is 12.2 Å². The third-order valence-electron chi connectivity index (χ3n) is 1.48. The first-order chi connectivity index (χ1) is 6.22. The number of anilines is 1. The van der Waals surface area contributed by atoms with Crippen molar-refractivity contribution >= 4 is 23.0 Å². The maximum absolute atomic E-state index is 8.27. The monoisotopic (exact) mass is 215 g/mol. The van der Waals surface area contributed by atoms with E-state index in [4.69, 9.17) is 17.5 Å². The molecule has 0 aliphatic carbocycles. The Balaban J connectivity index is 0. The van der Waals surface area contributed by atoms with Crippen LogP contribution in [-0.2, 0) is 0 Å². The van der Waals surface area contributed by atoms with E-state index >= 15 is 0 Å². The van der Waals surface area contributed by atoms with Crippen LogP contribution in [0, 0.1) is 18.4 Å². The summed E-state index contributed by atoms with van der Waals surface area (Å²) in [5.41, 5.74) is 2.06. The Morgan fingerprint density at radius 3 is 2.50 bits per heavy atom. The van der Waals surface area contributed by atoms with Gasteiger partial charge in [-0.15, -0.1) is 0 Å². The molecule has 0 bridgehead atoms. The van der Waals surface area contributed by atoms with Crippen LogP contribution in [0.15, 0.2) is 24.3 Å². The van der Waals surface area contributed by atoms with Gasteiger partial charge >= 0.3 is 29.6 Å². The van der Waals surface area contributed by atoms with Crippen molar-refractivity contribution in [2.24, 2.45) is 0 Å². The van der Waals surface area contributed by atoms with Gasteiger partial charge in [-0.1, -0.05) is 17.7 Å². The Labute approximate surface area is 112 Å². The second-order valence-corrected chi connectivity index (χ2v) is 2.97. The zero-order valence-electron chi connectivity index (χ0n) is 9.16. The van der Waals surface area contributed by atoms with Gasteiger partial charge in [0, 0.05) is 5.69 Å². The molecular weight excluding hydrogens is 205 g/mol. The Bertz CT molecular complexity index is 347. The van der Waals surface area contributed by atoms with Gasteiger partial charge in [-0.3, -0.25) is 5.32 Å². The fraction of sp³-hybridized carbons (Fsp3) is 0.111. The van der Waals surface area contributed by atoms with Gasteiger partial charge in [0.1, 0.15) is 0 Å². The molecule has 0 aliphatic heterocycles. The topological polar surface area (TPSA) is 47.8 Å². The number of aryl methyl sites for hydroxylation is 1. The average molecular weight is 215 g/mol. The largest absolute Gasteiger partial charge is 1.00 e. The Kier molecular flexibility index (Phi) is 6.50. The predicted molar refractivity (Wildman–Crippen MR) is 57.3 cm³/mol. The summed E-state index contributed by atoms with van der Waals surface area (Å²) in [6.45, 7) is 2.01. The Hall–Kier alpha value is -0.600. The van der Waals surface area contributed by atoms with E-state index in [2.05, 4.69) is 10.6 Å². The maximum Gasteiger partial charge on any atom is 1.00 e. The van der Waals surface area contributed by atoms with Gasteiger partial charge in [-0.05, 0) is 31.3 Å². The first-order valence-corrected chi connectivity index (χ1v) is 4.16. The molecule has 0 saturated carbocycles. The van der Waals surface area contributed by atoms with E-state index in [1.807, 2.05) is 31.2 Å². The van der Waals surface area contributed by atoms with Crippen molar-refractivity contribution in [2.75, 3.05) is 5.32 Å². The van der Waals surface area contributed by atoms with Crippen LogP contribution in [0.5, 0.6) is 0 Å². The zero-order valence-corrected chi connectivity index (χ0v) is 11.0. The van der Waals surface area contributed by atoms with E-state index in [9.17, 15) is 0 Å². The smallest absolute Gasteiger partial charge is 1.00 e. The molecule has 14 heavy (non-hydrogen) atoms. The van der Waals surface area contributed by atoms with Crippen LogP contribution in [0.2, 0.25) is 0 Å². The van der Waals surface area contributed by atoms with Crippen molar-refractivity contribution in [3.05, 3.63) is 29.8 Å². The van der Waals surface area contributed by atoms with Gasteiger partial charge in [0.05, 0.1) is 0 Å².